The average molecular weight is 315 g/mol. The summed E-state index contributed by atoms with van der Waals surface area (Å²) in [5.74, 6) is -0.253. The van der Waals surface area contributed by atoms with Gasteiger partial charge in [-0.2, -0.15) is 13.2 Å². The third-order valence-electron chi connectivity index (χ3n) is 4.09. The minimum absolute atomic E-state index is 0.253. The van der Waals surface area contributed by atoms with Crippen LogP contribution in [0.5, 0.6) is 0 Å². The highest BCUT2D eigenvalue weighted by Crippen LogP contribution is 2.35. The third kappa shape index (κ3) is 3.80. The highest BCUT2D eigenvalue weighted by atomic mass is 19.4. The Morgan fingerprint density at radius 1 is 1.23 bits per heavy atom. The van der Waals surface area contributed by atoms with Crippen LogP contribution >= 0.6 is 0 Å². The second kappa shape index (κ2) is 6.69. The molecule has 1 aromatic carbocycles. The lowest BCUT2D eigenvalue weighted by Gasteiger charge is -2.35. The van der Waals surface area contributed by atoms with Crippen LogP contribution in [0, 0.1) is 5.41 Å². The Bertz CT molecular complexity index is 505. The Balaban J connectivity index is 2.18. The van der Waals surface area contributed by atoms with Gasteiger partial charge in [0.2, 0.25) is 0 Å². The van der Waals surface area contributed by atoms with E-state index in [4.69, 9.17) is 4.74 Å². The first-order valence-corrected chi connectivity index (χ1v) is 7.41. The molecule has 0 atom stereocenters. The summed E-state index contributed by atoms with van der Waals surface area (Å²) in [6, 6.07) is 5.03. The molecule has 122 valence electrons. The van der Waals surface area contributed by atoms with Crippen LogP contribution in [-0.4, -0.2) is 25.7 Å². The molecule has 1 aromatic rings. The molecule has 0 unspecified atom stereocenters. The molecule has 0 amide bonds. The van der Waals surface area contributed by atoms with Gasteiger partial charge in [-0.15, -0.1) is 0 Å². The van der Waals surface area contributed by atoms with E-state index in [2.05, 4.69) is 5.32 Å². The number of hydrogen-bond donors (Lipinski definition) is 1. The van der Waals surface area contributed by atoms with Crippen LogP contribution in [0.4, 0.5) is 13.2 Å². The normalized spacial score (nSPS) is 18.0. The predicted molar refractivity (Wildman–Crippen MR) is 76.3 cm³/mol. The zero-order valence-corrected chi connectivity index (χ0v) is 12.5. The van der Waals surface area contributed by atoms with Crippen LogP contribution in [0.25, 0.3) is 0 Å². The topological polar surface area (TPSA) is 38.3 Å². The largest absolute Gasteiger partial charge is 0.466 e. The summed E-state index contributed by atoms with van der Waals surface area (Å²) >= 11 is 0. The molecule has 6 heteroatoms. The number of alkyl halides is 3. The fourth-order valence-corrected chi connectivity index (χ4v) is 2.84. The number of esters is 1. The minimum Gasteiger partial charge on any atom is -0.466 e. The number of hydrogen-bond acceptors (Lipinski definition) is 3. The number of carbonyl (C=O) groups is 1. The first-order chi connectivity index (χ1) is 10.4. The number of halogens is 3. The minimum atomic E-state index is -4.34. The number of carbonyl (C=O) groups excluding carboxylic acids is 1. The molecular formula is C16H20F3NO2. The van der Waals surface area contributed by atoms with Crippen molar-refractivity contribution in [3.8, 4) is 0 Å². The van der Waals surface area contributed by atoms with Crippen molar-refractivity contribution in [1.29, 1.82) is 0 Å². The van der Waals surface area contributed by atoms with Crippen molar-refractivity contribution in [3.05, 3.63) is 35.4 Å². The standard InChI is InChI=1S/C16H20F3NO2/c1-2-22-14(21)15(7-9-20-10-8-15)11-12-3-5-13(6-4-12)16(17,18)19/h3-6,20H,2,7-11H2,1H3. The molecule has 22 heavy (non-hydrogen) atoms. The molecule has 0 radical (unpaired) electrons. The highest BCUT2D eigenvalue weighted by Gasteiger charge is 2.41. The predicted octanol–water partition coefficient (Wildman–Crippen LogP) is 3.18. The van der Waals surface area contributed by atoms with Crippen molar-refractivity contribution in [2.24, 2.45) is 5.41 Å². The van der Waals surface area contributed by atoms with E-state index in [0.29, 0.717) is 39.0 Å². The SMILES string of the molecule is CCOC(=O)C1(Cc2ccc(C(F)(F)F)cc2)CCNCC1. The smallest absolute Gasteiger partial charge is 0.416 e. The summed E-state index contributed by atoms with van der Waals surface area (Å²) in [6.45, 7) is 3.48. The molecule has 1 aliphatic rings. The zero-order chi connectivity index (χ0) is 16.2. The van der Waals surface area contributed by atoms with Crippen molar-refractivity contribution in [2.45, 2.75) is 32.4 Å². The summed E-state index contributed by atoms with van der Waals surface area (Å²) < 4.78 is 43.0. The lowest BCUT2D eigenvalue weighted by Crippen LogP contribution is -2.44. The monoisotopic (exact) mass is 315 g/mol. The molecule has 0 spiro atoms. The van der Waals surface area contributed by atoms with Crippen molar-refractivity contribution < 1.29 is 22.7 Å². The molecule has 0 aromatic heterocycles. The molecule has 0 bridgehead atoms. The van der Waals surface area contributed by atoms with Gasteiger partial charge < -0.3 is 10.1 Å². The van der Waals surface area contributed by atoms with Gasteiger partial charge in [-0.3, -0.25) is 4.79 Å². The Morgan fingerprint density at radius 2 is 1.82 bits per heavy atom. The van der Waals surface area contributed by atoms with Crippen molar-refractivity contribution in [2.75, 3.05) is 19.7 Å². The van der Waals surface area contributed by atoms with Crippen molar-refractivity contribution in [1.82, 2.24) is 5.32 Å². The van der Waals surface area contributed by atoms with Gasteiger partial charge in [-0.1, -0.05) is 12.1 Å². The second-order valence-corrected chi connectivity index (χ2v) is 5.62. The maximum Gasteiger partial charge on any atom is 0.416 e. The van der Waals surface area contributed by atoms with Gasteiger partial charge in [0.15, 0.2) is 0 Å². The van der Waals surface area contributed by atoms with Crippen LogP contribution in [-0.2, 0) is 22.1 Å². The molecule has 0 saturated carbocycles. The number of benzene rings is 1. The maximum atomic E-state index is 12.6. The molecule has 2 rings (SSSR count). The summed E-state index contributed by atoms with van der Waals surface area (Å²) in [4.78, 5) is 12.3. The van der Waals surface area contributed by atoms with Gasteiger partial charge in [0.05, 0.1) is 17.6 Å². The quantitative estimate of drug-likeness (QED) is 0.867. The second-order valence-electron chi connectivity index (χ2n) is 5.62. The molecule has 0 aliphatic carbocycles. The van der Waals surface area contributed by atoms with Crippen molar-refractivity contribution in [3.63, 3.8) is 0 Å². The van der Waals surface area contributed by atoms with Gasteiger partial charge in [-0.05, 0) is 57.0 Å². The van der Waals surface area contributed by atoms with Gasteiger partial charge in [-0.25, -0.2) is 0 Å². The molecular weight excluding hydrogens is 295 g/mol. The lowest BCUT2D eigenvalue weighted by atomic mass is 9.74. The van der Waals surface area contributed by atoms with E-state index in [1.807, 2.05) is 0 Å². The first-order valence-electron chi connectivity index (χ1n) is 7.41. The summed E-state index contributed by atoms with van der Waals surface area (Å²) in [7, 11) is 0. The number of ether oxygens (including phenoxy) is 1. The molecule has 3 nitrogen and oxygen atoms in total. The van der Waals surface area contributed by atoms with Gasteiger partial charge in [0, 0.05) is 0 Å². The van der Waals surface area contributed by atoms with E-state index in [1.54, 1.807) is 6.92 Å². The number of nitrogens with one attached hydrogen (secondary N) is 1. The third-order valence-corrected chi connectivity index (χ3v) is 4.09. The maximum absolute atomic E-state index is 12.6. The number of piperidine rings is 1. The van der Waals surface area contributed by atoms with E-state index in [-0.39, 0.29) is 5.97 Å². The molecule has 1 saturated heterocycles. The summed E-state index contributed by atoms with van der Waals surface area (Å²) in [6.07, 6.45) is -2.67. The fraction of sp³-hybridized carbons (Fsp3) is 0.562. The van der Waals surface area contributed by atoms with Crippen LogP contribution in [0.2, 0.25) is 0 Å². The summed E-state index contributed by atoms with van der Waals surface area (Å²) in [5, 5.41) is 3.19. The van der Waals surface area contributed by atoms with Crippen LogP contribution < -0.4 is 5.32 Å². The van der Waals surface area contributed by atoms with E-state index in [1.165, 1.54) is 12.1 Å². The zero-order valence-electron chi connectivity index (χ0n) is 12.5. The van der Waals surface area contributed by atoms with E-state index >= 15 is 0 Å². The molecule has 1 fully saturated rings. The van der Waals surface area contributed by atoms with Crippen LogP contribution in [0.15, 0.2) is 24.3 Å². The lowest BCUT2D eigenvalue weighted by molar-refractivity contribution is -0.157. The van der Waals surface area contributed by atoms with Crippen LogP contribution in [0.3, 0.4) is 0 Å². The molecule has 1 heterocycles. The molecule has 1 aliphatic heterocycles. The Kier molecular flexibility index (Phi) is 5.11. The van der Waals surface area contributed by atoms with E-state index in [0.717, 1.165) is 17.7 Å². The van der Waals surface area contributed by atoms with Gasteiger partial charge in [0.1, 0.15) is 0 Å². The average Bonchev–Trinajstić information content (AvgIpc) is 2.48. The van der Waals surface area contributed by atoms with Gasteiger partial charge in [0.25, 0.3) is 0 Å². The Morgan fingerprint density at radius 3 is 2.32 bits per heavy atom. The number of rotatable bonds is 4. The van der Waals surface area contributed by atoms with E-state index < -0.39 is 17.2 Å². The molecule has 1 N–H and O–H groups in total. The van der Waals surface area contributed by atoms with Crippen molar-refractivity contribution >= 4 is 5.97 Å². The van der Waals surface area contributed by atoms with E-state index in [9.17, 15) is 18.0 Å². The Labute approximate surface area is 127 Å². The first kappa shape index (κ1) is 16.8. The Hall–Kier alpha value is -1.56. The fourth-order valence-electron chi connectivity index (χ4n) is 2.84. The van der Waals surface area contributed by atoms with Gasteiger partial charge >= 0.3 is 12.1 Å². The van der Waals surface area contributed by atoms with Crippen LogP contribution in [0.1, 0.15) is 30.9 Å². The summed E-state index contributed by atoms with van der Waals surface area (Å²) in [5.41, 5.74) is -0.587. The highest BCUT2D eigenvalue weighted by molar-refractivity contribution is 5.77.